The molecule has 6 heteroatoms. The second-order valence-electron chi connectivity index (χ2n) is 7.73. The van der Waals surface area contributed by atoms with Crippen molar-refractivity contribution < 1.29 is 9.59 Å². The summed E-state index contributed by atoms with van der Waals surface area (Å²) < 4.78 is 2.17. The zero-order chi connectivity index (χ0) is 22.1. The lowest BCUT2D eigenvalue weighted by molar-refractivity contribution is 0.0996. The molecule has 5 rings (SSSR count). The number of fused-ring (bicyclic) bond motifs is 1. The van der Waals surface area contributed by atoms with Crippen LogP contribution in [0.5, 0.6) is 0 Å². The minimum Gasteiger partial charge on any atom is -0.332 e. The van der Waals surface area contributed by atoms with Crippen molar-refractivity contribution in [3.05, 3.63) is 119 Å². The fourth-order valence-electron chi connectivity index (χ4n) is 3.91. The number of aromatic nitrogens is 2. The third kappa shape index (κ3) is 3.74. The molecule has 1 aliphatic heterocycles. The molecule has 0 saturated heterocycles. The quantitative estimate of drug-likeness (QED) is 0.419. The van der Waals surface area contributed by atoms with Crippen molar-refractivity contribution >= 4 is 29.1 Å². The van der Waals surface area contributed by atoms with Crippen LogP contribution in [0.25, 0.3) is 0 Å². The highest BCUT2D eigenvalue weighted by Gasteiger charge is 2.27. The van der Waals surface area contributed by atoms with Crippen molar-refractivity contribution in [2.24, 2.45) is 0 Å². The number of aryl methyl sites for hydroxylation is 1. The maximum absolute atomic E-state index is 13.2. The third-order valence-corrected chi connectivity index (χ3v) is 6.86. The molecule has 1 unspecified atom stereocenters. The standard InChI is InChI=1S/C26H21N3O2S/c1-17-8-10-18(11-9-17)24(30)20-6-2-3-7-21(20)25(31)28-22-12-14-29-23(22)16-32-26(29)19-5-4-13-27-15-19/h2-15,26H,16H2,1H3,(H,28,31). The molecule has 158 valence electrons. The van der Waals surface area contributed by atoms with Gasteiger partial charge in [-0.15, -0.1) is 11.8 Å². The molecule has 0 saturated carbocycles. The van der Waals surface area contributed by atoms with Crippen molar-refractivity contribution in [1.82, 2.24) is 9.55 Å². The van der Waals surface area contributed by atoms with Gasteiger partial charge in [0.2, 0.25) is 0 Å². The highest BCUT2D eigenvalue weighted by atomic mass is 32.2. The number of nitrogens with zero attached hydrogens (tertiary/aromatic N) is 2. The Morgan fingerprint density at radius 2 is 1.78 bits per heavy atom. The maximum atomic E-state index is 13.2. The number of hydrogen-bond acceptors (Lipinski definition) is 4. The second kappa shape index (κ2) is 8.48. The molecule has 2 aromatic heterocycles. The van der Waals surface area contributed by atoms with Gasteiger partial charge in [0, 0.05) is 41.0 Å². The summed E-state index contributed by atoms with van der Waals surface area (Å²) in [5.74, 6) is 0.335. The number of ketones is 1. The lowest BCUT2D eigenvalue weighted by atomic mass is 9.97. The topological polar surface area (TPSA) is 64.0 Å². The van der Waals surface area contributed by atoms with Gasteiger partial charge in [-0.05, 0) is 25.1 Å². The lowest BCUT2D eigenvalue weighted by Gasteiger charge is -2.12. The summed E-state index contributed by atoms with van der Waals surface area (Å²) in [5.41, 5.74) is 5.36. The van der Waals surface area contributed by atoms with E-state index in [9.17, 15) is 9.59 Å². The molecular weight excluding hydrogens is 418 g/mol. The molecule has 1 aliphatic rings. The van der Waals surface area contributed by atoms with E-state index in [-0.39, 0.29) is 17.1 Å². The number of carbonyl (C=O) groups is 2. The zero-order valence-corrected chi connectivity index (χ0v) is 18.3. The monoisotopic (exact) mass is 439 g/mol. The minimum atomic E-state index is -0.287. The van der Waals surface area contributed by atoms with Crippen molar-refractivity contribution in [3.8, 4) is 0 Å². The molecule has 32 heavy (non-hydrogen) atoms. The molecule has 4 aromatic rings. The van der Waals surface area contributed by atoms with Gasteiger partial charge in [-0.2, -0.15) is 0 Å². The smallest absolute Gasteiger partial charge is 0.256 e. The van der Waals surface area contributed by atoms with Crippen LogP contribution in [-0.4, -0.2) is 21.2 Å². The van der Waals surface area contributed by atoms with E-state index < -0.39 is 0 Å². The first-order valence-corrected chi connectivity index (χ1v) is 11.4. The summed E-state index contributed by atoms with van der Waals surface area (Å²) in [4.78, 5) is 30.5. The van der Waals surface area contributed by atoms with E-state index in [4.69, 9.17) is 0 Å². The number of carbonyl (C=O) groups excluding carboxylic acids is 2. The van der Waals surface area contributed by atoms with E-state index >= 15 is 0 Å². The first-order valence-electron chi connectivity index (χ1n) is 10.3. The van der Waals surface area contributed by atoms with Crippen LogP contribution in [0.3, 0.4) is 0 Å². The Balaban J connectivity index is 1.41. The van der Waals surface area contributed by atoms with Gasteiger partial charge in [0.05, 0.1) is 16.9 Å². The van der Waals surface area contributed by atoms with Crippen LogP contribution in [-0.2, 0) is 5.75 Å². The van der Waals surface area contributed by atoms with Gasteiger partial charge in [0.1, 0.15) is 5.37 Å². The molecule has 5 nitrogen and oxygen atoms in total. The average Bonchev–Trinajstić information content (AvgIpc) is 3.43. The Morgan fingerprint density at radius 1 is 1.00 bits per heavy atom. The van der Waals surface area contributed by atoms with Crippen LogP contribution >= 0.6 is 11.8 Å². The van der Waals surface area contributed by atoms with Gasteiger partial charge in [0.25, 0.3) is 5.91 Å². The number of nitrogens with one attached hydrogen (secondary N) is 1. The van der Waals surface area contributed by atoms with Crippen LogP contribution in [0.4, 0.5) is 5.69 Å². The number of anilines is 1. The molecule has 0 radical (unpaired) electrons. The molecule has 3 heterocycles. The van der Waals surface area contributed by atoms with Crippen molar-refractivity contribution in [1.29, 1.82) is 0 Å². The van der Waals surface area contributed by atoms with Crippen LogP contribution in [0, 0.1) is 6.92 Å². The van der Waals surface area contributed by atoms with E-state index in [0.717, 1.165) is 28.3 Å². The average molecular weight is 440 g/mol. The summed E-state index contributed by atoms with van der Waals surface area (Å²) >= 11 is 1.79. The van der Waals surface area contributed by atoms with Gasteiger partial charge in [-0.1, -0.05) is 54.1 Å². The Labute approximate surface area is 190 Å². The number of benzene rings is 2. The largest absolute Gasteiger partial charge is 0.332 e. The zero-order valence-electron chi connectivity index (χ0n) is 17.5. The number of hydrogen-bond donors (Lipinski definition) is 1. The number of amides is 1. The van der Waals surface area contributed by atoms with Gasteiger partial charge in [-0.3, -0.25) is 14.6 Å². The second-order valence-corrected chi connectivity index (χ2v) is 8.80. The van der Waals surface area contributed by atoms with Gasteiger partial charge >= 0.3 is 0 Å². The van der Waals surface area contributed by atoms with E-state index in [1.165, 1.54) is 0 Å². The van der Waals surface area contributed by atoms with Crippen LogP contribution in [0.2, 0.25) is 0 Å². The van der Waals surface area contributed by atoms with Gasteiger partial charge < -0.3 is 9.88 Å². The maximum Gasteiger partial charge on any atom is 0.256 e. The molecular formula is C26H21N3O2S. The number of rotatable bonds is 5. The highest BCUT2D eigenvalue weighted by Crippen LogP contribution is 2.43. The third-order valence-electron chi connectivity index (χ3n) is 5.60. The minimum absolute atomic E-state index is 0.139. The fraction of sp³-hybridized carbons (Fsp3) is 0.115. The van der Waals surface area contributed by atoms with E-state index in [0.29, 0.717) is 16.7 Å². The van der Waals surface area contributed by atoms with Crippen LogP contribution in [0.1, 0.15) is 48.5 Å². The van der Waals surface area contributed by atoms with Gasteiger partial charge in [-0.25, -0.2) is 0 Å². The molecule has 0 bridgehead atoms. The molecule has 1 amide bonds. The molecule has 2 aromatic carbocycles. The summed E-state index contributed by atoms with van der Waals surface area (Å²) in [6.45, 7) is 1.98. The summed E-state index contributed by atoms with van der Waals surface area (Å²) in [5, 5.41) is 3.16. The van der Waals surface area contributed by atoms with Crippen molar-refractivity contribution in [2.75, 3.05) is 5.32 Å². The molecule has 0 spiro atoms. The molecule has 1 N–H and O–H groups in total. The van der Waals surface area contributed by atoms with Gasteiger partial charge in [0.15, 0.2) is 5.78 Å². The first kappa shape index (κ1) is 20.3. The Morgan fingerprint density at radius 3 is 2.53 bits per heavy atom. The number of pyridine rings is 1. The summed E-state index contributed by atoms with van der Waals surface area (Å²) in [7, 11) is 0. The normalized spacial score (nSPS) is 14.7. The van der Waals surface area contributed by atoms with Crippen molar-refractivity contribution in [3.63, 3.8) is 0 Å². The van der Waals surface area contributed by atoms with E-state index in [1.54, 1.807) is 54.4 Å². The summed E-state index contributed by atoms with van der Waals surface area (Å²) in [6, 6.07) is 20.3. The summed E-state index contributed by atoms with van der Waals surface area (Å²) in [6.07, 6.45) is 5.63. The Bertz CT molecular complexity index is 1300. The van der Waals surface area contributed by atoms with E-state index in [1.807, 2.05) is 43.6 Å². The Kier molecular flexibility index (Phi) is 5.37. The molecule has 1 atom stereocenters. The number of thioether (sulfide) groups is 1. The van der Waals surface area contributed by atoms with Crippen molar-refractivity contribution in [2.45, 2.75) is 18.1 Å². The SMILES string of the molecule is Cc1ccc(C(=O)c2ccccc2C(=O)Nc2ccn3c2CSC3c2cccnc2)cc1. The first-order chi connectivity index (χ1) is 15.6. The highest BCUT2D eigenvalue weighted by molar-refractivity contribution is 7.99. The van der Waals surface area contributed by atoms with Crippen LogP contribution < -0.4 is 5.32 Å². The molecule has 0 fully saturated rings. The molecule has 0 aliphatic carbocycles. The lowest BCUT2D eigenvalue weighted by Crippen LogP contribution is -2.17. The van der Waals surface area contributed by atoms with E-state index in [2.05, 4.69) is 20.9 Å². The predicted octanol–water partition coefficient (Wildman–Crippen LogP) is 5.47. The Hall–Kier alpha value is -3.64. The fourth-order valence-corrected chi connectivity index (χ4v) is 5.22. The van der Waals surface area contributed by atoms with Crippen LogP contribution in [0.15, 0.2) is 85.3 Å². The predicted molar refractivity (Wildman–Crippen MR) is 127 cm³/mol.